The van der Waals surface area contributed by atoms with E-state index >= 15 is 0 Å². The molecule has 0 aromatic heterocycles. The van der Waals surface area contributed by atoms with E-state index in [1.54, 1.807) is 0 Å². The van der Waals surface area contributed by atoms with E-state index < -0.39 is 0 Å². The molecule has 1 N–H and O–H groups in total. The second-order valence-electron chi connectivity index (χ2n) is 5.44. The minimum atomic E-state index is 0.728. The summed E-state index contributed by atoms with van der Waals surface area (Å²) in [6.45, 7) is 5.01. The SMILES string of the molecule is CNC1CCCCCC1N1CCN(C)CC1. The van der Waals surface area contributed by atoms with Gasteiger partial charge in [-0.15, -0.1) is 0 Å². The van der Waals surface area contributed by atoms with Crippen LogP contribution in [0.4, 0.5) is 0 Å². The van der Waals surface area contributed by atoms with Crippen molar-refractivity contribution in [2.75, 3.05) is 40.3 Å². The van der Waals surface area contributed by atoms with Crippen molar-refractivity contribution in [3.8, 4) is 0 Å². The van der Waals surface area contributed by atoms with Crippen LogP contribution in [0.2, 0.25) is 0 Å². The van der Waals surface area contributed by atoms with Crippen molar-refractivity contribution in [2.24, 2.45) is 0 Å². The third-order valence-corrected chi connectivity index (χ3v) is 4.36. The molecule has 2 atom stereocenters. The van der Waals surface area contributed by atoms with Crippen LogP contribution in [0.5, 0.6) is 0 Å². The number of rotatable bonds is 2. The average molecular weight is 225 g/mol. The van der Waals surface area contributed by atoms with Crippen molar-refractivity contribution in [3.05, 3.63) is 0 Å². The van der Waals surface area contributed by atoms with Gasteiger partial charge in [0.05, 0.1) is 0 Å². The molecule has 1 saturated heterocycles. The molecule has 0 aromatic rings. The number of likely N-dealkylation sites (N-methyl/N-ethyl adjacent to an activating group) is 2. The molecule has 2 aliphatic rings. The van der Waals surface area contributed by atoms with Gasteiger partial charge in [-0.25, -0.2) is 0 Å². The Balaban J connectivity index is 1.93. The Bertz CT molecular complexity index is 199. The average Bonchev–Trinajstić information content (AvgIpc) is 2.55. The monoisotopic (exact) mass is 225 g/mol. The van der Waals surface area contributed by atoms with Gasteiger partial charge in [-0.1, -0.05) is 19.3 Å². The highest BCUT2D eigenvalue weighted by molar-refractivity contribution is 4.88. The Morgan fingerprint density at radius 2 is 1.62 bits per heavy atom. The van der Waals surface area contributed by atoms with E-state index in [0.29, 0.717) is 0 Å². The zero-order chi connectivity index (χ0) is 11.4. The Labute approximate surface area is 100 Å². The summed E-state index contributed by atoms with van der Waals surface area (Å²) >= 11 is 0. The summed E-state index contributed by atoms with van der Waals surface area (Å²) in [7, 11) is 4.37. The molecule has 1 aliphatic heterocycles. The van der Waals surface area contributed by atoms with Gasteiger partial charge in [-0.05, 0) is 26.9 Å². The quantitative estimate of drug-likeness (QED) is 0.711. The smallest absolute Gasteiger partial charge is 0.0250 e. The lowest BCUT2D eigenvalue weighted by atomic mass is 10.0. The molecular formula is C13H27N3. The fourth-order valence-electron chi connectivity index (χ4n) is 3.22. The summed E-state index contributed by atoms with van der Waals surface area (Å²) in [5, 5.41) is 3.55. The van der Waals surface area contributed by atoms with Gasteiger partial charge in [-0.2, -0.15) is 0 Å². The fraction of sp³-hybridized carbons (Fsp3) is 1.00. The summed E-state index contributed by atoms with van der Waals surface area (Å²) in [6.07, 6.45) is 7.04. The van der Waals surface area contributed by atoms with Crippen molar-refractivity contribution in [2.45, 2.75) is 44.2 Å². The van der Waals surface area contributed by atoms with Crippen LogP contribution in [0.25, 0.3) is 0 Å². The summed E-state index contributed by atoms with van der Waals surface area (Å²) < 4.78 is 0. The molecule has 0 aromatic carbocycles. The van der Waals surface area contributed by atoms with E-state index in [1.807, 2.05) is 0 Å². The molecule has 16 heavy (non-hydrogen) atoms. The molecule has 1 heterocycles. The van der Waals surface area contributed by atoms with Gasteiger partial charge in [0.1, 0.15) is 0 Å². The van der Waals surface area contributed by atoms with Crippen molar-refractivity contribution < 1.29 is 0 Å². The van der Waals surface area contributed by atoms with Crippen LogP contribution in [0.3, 0.4) is 0 Å². The highest BCUT2D eigenvalue weighted by Gasteiger charge is 2.29. The third kappa shape index (κ3) is 2.96. The zero-order valence-corrected chi connectivity index (χ0v) is 10.9. The van der Waals surface area contributed by atoms with Crippen molar-refractivity contribution in [3.63, 3.8) is 0 Å². The van der Waals surface area contributed by atoms with Crippen molar-refractivity contribution in [1.29, 1.82) is 0 Å². The zero-order valence-electron chi connectivity index (χ0n) is 10.9. The number of nitrogens with zero attached hydrogens (tertiary/aromatic N) is 2. The Morgan fingerprint density at radius 1 is 0.938 bits per heavy atom. The molecule has 0 bridgehead atoms. The summed E-state index contributed by atoms with van der Waals surface area (Å²) in [4.78, 5) is 5.17. The summed E-state index contributed by atoms with van der Waals surface area (Å²) in [5.41, 5.74) is 0. The lowest BCUT2D eigenvalue weighted by Gasteiger charge is -2.41. The summed E-state index contributed by atoms with van der Waals surface area (Å²) in [5.74, 6) is 0. The van der Waals surface area contributed by atoms with Crippen molar-refractivity contribution in [1.82, 2.24) is 15.1 Å². The first-order valence-corrected chi connectivity index (χ1v) is 6.91. The maximum absolute atomic E-state index is 3.55. The maximum atomic E-state index is 3.55. The van der Waals surface area contributed by atoms with Crippen LogP contribution in [-0.2, 0) is 0 Å². The van der Waals surface area contributed by atoms with Gasteiger partial charge in [0.2, 0.25) is 0 Å². The van der Waals surface area contributed by atoms with Crippen molar-refractivity contribution >= 4 is 0 Å². The van der Waals surface area contributed by atoms with Gasteiger partial charge in [0, 0.05) is 38.3 Å². The topological polar surface area (TPSA) is 18.5 Å². The number of piperazine rings is 1. The Hall–Kier alpha value is -0.120. The van der Waals surface area contributed by atoms with E-state index in [4.69, 9.17) is 0 Å². The van der Waals surface area contributed by atoms with E-state index in [2.05, 4.69) is 29.2 Å². The second kappa shape index (κ2) is 5.99. The molecule has 1 saturated carbocycles. The standard InChI is InChI=1S/C13H27N3/c1-14-12-6-4-3-5-7-13(12)16-10-8-15(2)9-11-16/h12-14H,3-11H2,1-2H3. The minimum absolute atomic E-state index is 0.728. The number of hydrogen-bond acceptors (Lipinski definition) is 3. The largest absolute Gasteiger partial charge is 0.315 e. The highest BCUT2D eigenvalue weighted by atomic mass is 15.3. The van der Waals surface area contributed by atoms with Crippen LogP contribution >= 0.6 is 0 Å². The molecule has 2 rings (SSSR count). The molecule has 2 fully saturated rings. The van der Waals surface area contributed by atoms with Gasteiger partial charge in [-0.3, -0.25) is 4.90 Å². The fourth-order valence-corrected chi connectivity index (χ4v) is 3.22. The first kappa shape index (κ1) is 12.3. The second-order valence-corrected chi connectivity index (χ2v) is 5.44. The van der Waals surface area contributed by atoms with Crippen LogP contribution in [-0.4, -0.2) is 62.2 Å². The molecule has 3 heteroatoms. The molecule has 1 aliphatic carbocycles. The van der Waals surface area contributed by atoms with E-state index in [0.717, 1.165) is 12.1 Å². The van der Waals surface area contributed by atoms with Gasteiger partial charge < -0.3 is 10.2 Å². The Morgan fingerprint density at radius 3 is 2.31 bits per heavy atom. The normalized spacial score (nSPS) is 34.9. The lowest BCUT2D eigenvalue weighted by molar-refractivity contribution is 0.0880. The lowest BCUT2D eigenvalue weighted by Crippen LogP contribution is -2.55. The van der Waals surface area contributed by atoms with E-state index in [-0.39, 0.29) is 0 Å². The molecule has 2 unspecified atom stereocenters. The minimum Gasteiger partial charge on any atom is -0.315 e. The first-order valence-electron chi connectivity index (χ1n) is 6.91. The Kier molecular flexibility index (Phi) is 4.62. The van der Waals surface area contributed by atoms with Crippen LogP contribution in [0, 0.1) is 0 Å². The summed E-state index contributed by atoms with van der Waals surface area (Å²) in [6, 6.07) is 1.52. The molecule has 94 valence electrons. The van der Waals surface area contributed by atoms with E-state index in [1.165, 1.54) is 58.3 Å². The predicted octanol–water partition coefficient (Wildman–Crippen LogP) is 1.15. The maximum Gasteiger partial charge on any atom is 0.0250 e. The van der Waals surface area contributed by atoms with Gasteiger partial charge in [0.25, 0.3) is 0 Å². The van der Waals surface area contributed by atoms with Crippen LogP contribution in [0.15, 0.2) is 0 Å². The first-order chi connectivity index (χ1) is 7.81. The molecule has 0 spiro atoms. The molecular weight excluding hydrogens is 198 g/mol. The predicted molar refractivity (Wildman–Crippen MR) is 68.8 cm³/mol. The van der Waals surface area contributed by atoms with Gasteiger partial charge in [0.15, 0.2) is 0 Å². The third-order valence-electron chi connectivity index (χ3n) is 4.36. The van der Waals surface area contributed by atoms with Crippen LogP contribution < -0.4 is 5.32 Å². The number of nitrogens with one attached hydrogen (secondary N) is 1. The molecule has 0 radical (unpaired) electrons. The van der Waals surface area contributed by atoms with E-state index in [9.17, 15) is 0 Å². The van der Waals surface area contributed by atoms with Gasteiger partial charge >= 0.3 is 0 Å². The molecule has 0 amide bonds. The van der Waals surface area contributed by atoms with Crippen LogP contribution in [0.1, 0.15) is 32.1 Å². The highest BCUT2D eigenvalue weighted by Crippen LogP contribution is 2.23. The molecule has 3 nitrogen and oxygen atoms in total. The number of hydrogen-bond donors (Lipinski definition) is 1.